The number of amidine groups is 1. The van der Waals surface area contributed by atoms with Gasteiger partial charge in [0.1, 0.15) is 10.7 Å². The lowest BCUT2D eigenvalue weighted by Crippen LogP contribution is -2.49. The highest BCUT2D eigenvalue weighted by Crippen LogP contribution is 2.34. The number of benzene rings is 1. The largest absolute Gasteiger partial charge is 0.469 e. The molecule has 9 nitrogen and oxygen atoms in total. The van der Waals surface area contributed by atoms with Gasteiger partial charge in [-0.2, -0.15) is 8.42 Å². The number of amides is 2. The fourth-order valence-electron chi connectivity index (χ4n) is 3.63. The average Bonchev–Trinajstić information content (AvgIpc) is 2.97. The Balaban J connectivity index is 1.57. The number of urea groups is 1. The fourth-order valence-corrected chi connectivity index (χ4v) is 5.11. The van der Waals surface area contributed by atoms with Gasteiger partial charge in [-0.3, -0.25) is 4.79 Å². The summed E-state index contributed by atoms with van der Waals surface area (Å²) in [5.41, 5.74) is 1.28. The Morgan fingerprint density at radius 1 is 1.20 bits per heavy atom. The summed E-state index contributed by atoms with van der Waals surface area (Å²) >= 11 is 0. The molecule has 1 saturated heterocycles. The van der Waals surface area contributed by atoms with Gasteiger partial charge in [0.25, 0.3) is 10.0 Å². The van der Waals surface area contributed by atoms with Crippen molar-refractivity contribution in [1.82, 2.24) is 15.5 Å². The molecule has 0 aromatic heterocycles. The lowest BCUT2D eigenvalue weighted by atomic mass is 10.0. The van der Waals surface area contributed by atoms with Crippen molar-refractivity contribution in [2.45, 2.75) is 32.2 Å². The smallest absolute Gasteiger partial charge is 0.315 e. The van der Waals surface area contributed by atoms with Gasteiger partial charge in [0.2, 0.25) is 0 Å². The minimum absolute atomic E-state index is 0.0316. The molecule has 0 spiro atoms. The number of hydrogen-bond acceptors (Lipinski definition) is 6. The number of esters is 1. The summed E-state index contributed by atoms with van der Waals surface area (Å²) in [5.74, 6) is 0.101. The molecule has 162 valence electrons. The minimum atomic E-state index is -3.73. The first kappa shape index (κ1) is 21.8. The Morgan fingerprint density at radius 3 is 2.50 bits per heavy atom. The van der Waals surface area contributed by atoms with Gasteiger partial charge in [-0.25, -0.2) is 4.79 Å². The van der Waals surface area contributed by atoms with E-state index in [1.807, 2.05) is 11.0 Å². The number of likely N-dealkylation sites (tertiary alicyclic amines) is 1. The highest BCUT2D eigenvalue weighted by Gasteiger charge is 2.34. The summed E-state index contributed by atoms with van der Waals surface area (Å²) in [6.45, 7) is 3.16. The van der Waals surface area contributed by atoms with Crippen molar-refractivity contribution in [3.63, 3.8) is 0 Å². The topological polar surface area (TPSA) is 117 Å². The molecular formula is C20H26N4O5S. The van der Waals surface area contributed by atoms with Gasteiger partial charge < -0.3 is 20.3 Å². The Bertz CT molecular complexity index is 964. The highest BCUT2D eigenvalue weighted by atomic mass is 32.2. The zero-order valence-electron chi connectivity index (χ0n) is 17.1. The number of nitrogens with zero attached hydrogens (tertiary/aromatic N) is 2. The first-order valence-corrected chi connectivity index (χ1v) is 11.2. The average molecular weight is 435 g/mol. The van der Waals surface area contributed by atoms with E-state index >= 15 is 0 Å². The molecule has 1 aromatic rings. The van der Waals surface area contributed by atoms with Crippen LogP contribution in [0.2, 0.25) is 0 Å². The van der Waals surface area contributed by atoms with Crippen molar-refractivity contribution < 1.29 is 22.7 Å². The van der Waals surface area contributed by atoms with Crippen molar-refractivity contribution in [3.05, 3.63) is 41.5 Å². The van der Waals surface area contributed by atoms with E-state index in [1.54, 1.807) is 31.2 Å². The molecule has 2 N–H and O–H groups in total. The van der Waals surface area contributed by atoms with Crippen molar-refractivity contribution in [2.75, 3.05) is 26.7 Å². The van der Waals surface area contributed by atoms with Gasteiger partial charge in [0, 0.05) is 31.2 Å². The van der Waals surface area contributed by atoms with E-state index in [2.05, 4.69) is 19.8 Å². The zero-order valence-corrected chi connectivity index (χ0v) is 17.9. The molecule has 0 atom stereocenters. The first-order valence-electron chi connectivity index (χ1n) is 9.79. The van der Waals surface area contributed by atoms with Gasteiger partial charge in [0.15, 0.2) is 0 Å². The van der Waals surface area contributed by atoms with E-state index in [0.29, 0.717) is 42.9 Å². The molecule has 2 amide bonds. The molecule has 1 aromatic carbocycles. The molecule has 10 heteroatoms. The van der Waals surface area contributed by atoms with Gasteiger partial charge in [-0.05, 0) is 25.3 Å². The second-order valence-electron chi connectivity index (χ2n) is 7.20. The van der Waals surface area contributed by atoms with Crippen LogP contribution in [0.5, 0.6) is 0 Å². The van der Waals surface area contributed by atoms with Gasteiger partial charge >= 0.3 is 12.0 Å². The second kappa shape index (κ2) is 9.29. The lowest BCUT2D eigenvalue weighted by molar-refractivity contribution is -0.140. The predicted octanol–water partition coefficient (Wildman–Crippen LogP) is 1.49. The number of carbonyl (C=O) groups excluding carboxylic acids is 2. The van der Waals surface area contributed by atoms with Crippen molar-refractivity contribution in [3.8, 4) is 0 Å². The zero-order chi connectivity index (χ0) is 21.7. The molecule has 3 rings (SSSR count). The summed E-state index contributed by atoms with van der Waals surface area (Å²) in [5, 5.41) is 5.51. The lowest BCUT2D eigenvalue weighted by Gasteiger charge is -2.33. The maximum atomic E-state index is 12.6. The Labute approximate surface area is 176 Å². The summed E-state index contributed by atoms with van der Waals surface area (Å²) in [4.78, 5) is 25.2. The highest BCUT2D eigenvalue weighted by molar-refractivity contribution is 8.00. The molecule has 0 bridgehead atoms. The third-order valence-electron chi connectivity index (χ3n) is 5.15. The predicted molar refractivity (Wildman–Crippen MR) is 113 cm³/mol. The number of hydrogen-bond donors (Lipinski definition) is 2. The summed E-state index contributed by atoms with van der Waals surface area (Å²) < 4.78 is 33.8. The Morgan fingerprint density at radius 2 is 1.87 bits per heavy atom. The first-order chi connectivity index (χ1) is 14.3. The van der Waals surface area contributed by atoms with Crippen LogP contribution in [0.4, 0.5) is 4.79 Å². The normalized spacial score (nSPS) is 18.7. The van der Waals surface area contributed by atoms with E-state index < -0.39 is 10.0 Å². The van der Waals surface area contributed by atoms with Gasteiger partial charge in [-0.15, -0.1) is 4.40 Å². The SMILES string of the molecule is COC(=O)CCNC(=O)NC1CCN(C2=NS(=O)(=O)C(c3ccccc3)=C2C)CC1. The molecule has 30 heavy (non-hydrogen) atoms. The molecule has 1 fully saturated rings. The van der Waals surface area contributed by atoms with Crippen LogP contribution in [0.25, 0.3) is 4.91 Å². The number of rotatable bonds is 5. The molecule has 2 aliphatic heterocycles. The molecular weight excluding hydrogens is 408 g/mol. The summed E-state index contributed by atoms with van der Waals surface area (Å²) in [6.07, 6.45) is 1.45. The quantitative estimate of drug-likeness (QED) is 0.678. The molecule has 2 heterocycles. The van der Waals surface area contributed by atoms with E-state index in [-0.39, 0.29) is 35.9 Å². The number of ether oxygens (including phenoxy) is 1. The van der Waals surface area contributed by atoms with E-state index in [4.69, 9.17) is 0 Å². The number of carbonyl (C=O) groups is 2. The maximum Gasteiger partial charge on any atom is 0.315 e. The van der Waals surface area contributed by atoms with Crippen LogP contribution in [-0.4, -0.2) is 63.9 Å². The molecule has 0 aliphatic carbocycles. The van der Waals surface area contributed by atoms with Crippen LogP contribution in [-0.2, 0) is 19.6 Å². The standard InChI is InChI=1S/C20H26N4O5S/c1-14-18(15-6-4-3-5-7-15)30(27,28)23-19(14)24-12-9-16(10-13-24)22-20(26)21-11-8-17(25)29-2/h3-7,16H,8-13H2,1-2H3,(H2,21,22,26). The third-order valence-corrected chi connectivity index (χ3v) is 6.62. The van der Waals surface area contributed by atoms with E-state index in [1.165, 1.54) is 7.11 Å². The second-order valence-corrected chi connectivity index (χ2v) is 8.74. The maximum absolute atomic E-state index is 12.6. The summed E-state index contributed by atoms with van der Waals surface area (Å²) in [6, 6.07) is 8.61. The van der Waals surface area contributed by atoms with Crippen molar-refractivity contribution >= 4 is 32.8 Å². The molecule has 2 aliphatic rings. The van der Waals surface area contributed by atoms with Crippen LogP contribution < -0.4 is 10.6 Å². The van der Waals surface area contributed by atoms with Crippen LogP contribution in [0.3, 0.4) is 0 Å². The monoisotopic (exact) mass is 434 g/mol. The van der Waals surface area contributed by atoms with Crippen molar-refractivity contribution in [1.29, 1.82) is 0 Å². The summed E-state index contributed by atoms with van der Waals surface area (Å²) in [7, 11) is -2.43. The van der Waals surface area contributed by atoms with Crippen LogP contribution in [0.1, 0.15) is 31.7 Å². The molecule has 0 unspecified atom stereocenters. The number of nitrogens with one attached hydrogen (secondary N) is 2. The van der Waals surface area contributed by atoms with E-state index in [9.17, 15) is 18.0 Å². The minimum Gasteiger partial charge on any atom is -0.469 e. The van der Waals surface area contributed by atoms with E-state index in [0.717, 1.165) is 0 Å². The fraction of sp³-hybridized carbons (Fsp3) is 0.450. The number of sulfonamides is 1. The number of piperidine rings is 1. The third kappa shape index (κ3) is 4.99. The molecule has 0 radical (unpaired) electrons. The molecule has 0 saturated carbocycles. The van der Waals surface area contributed by atoms with Crippen LogP contribution in [0.15, 0.2) is 40.3 Å². The van der Waals surface area contributed by atoms with Gasteiger partial charge in [0.05, 0.1) is 13.5 Å². The van der Waals surface area contributed by atoms with Crippen molar-refractivity contribution in [2.24, 2.45) is 4.40 Å². The Kier molecular flexibility index (Phi) is 6.76. The van der Waals surface area contributed by atoms with Crippen LogP contribution in [0, 0.1) is 0 Å². The number of methoxy groups -OCH3 is 1. The van der Waals surface area contributed by atoms with Gasteiger partial charge in [-0.1, -0.05) is 30.3 Å². The van der Waals surface area contributed by atoms with Crippen LogP contribution >= 0.6 is 0 Å². The Hall–Kier alpha value is -2.88.